The molecular formula is C17H17Cl2FN4S. The third-order valence-electron chi connectivity index (χ3n) is 4.48. The van der Waals surface area contributed by atoms with E-state index >= 15 is 4.39 Å². The van der Waals surface area contributed by atoms with Crippen molar-refractivity contribution in [2.24, 2.45) is 5.92 Å². The van der Waals surface area contributed by atoms with E-state index in [1.807, 2.05) is 17.5 Å². The second-order valence-corrected chi connectivity index (χ2v) is 8.07. The first-order chi connectivity index (χ1) is 12.1. The van der Waals surface area contributed by atoms with E-state index in [0.29, 0.717) is 24.3 Å². The molecule has 1 aliphatic carbocycles. The van der Waals surface area contributed by atoms with E-state index < -0.39 is 0 Å². The molecule has 0 amide bonds. The van der Waals surface area contributed by atoms with Crippen molar-refractivity contribution < 1.29 is 4.39 Å². The largest absolute Gasteiger partial charge is 0.363 e. The van der Waals surface area contributed by atoms with E-state index in [0.717, 1.165) is 23.6 Å². The molecule has 1 aliphatic rings. The van der Waals surface area contributed by atoms with E-state index in [1.165, 1.54) is 17.4 Å². The highest BCUT2D eigenvalue weighted by atomic mass is 35.5. The van der Waals surface area contributed by atoms with Crippen LogP contribution >= 0.6 is 34.5 Å². The van der Waals surface area contributed by atoms with Crippen molar-refractivity contribution in [1.29, 1.82) is 0 Å². The molecule has 4 nitrogen and oxygen atoms in total. The summed E-state index contributed by atoms with van der Waals surface area (Å²) in [4.78, 5) is 5.28. The molecule has 0 atom stereocenters. The highest BCUT2D eigenvalue weighted by Gasteiger charge is 2.24. The van der Waals surface area contributed by atoms with Gasteiger partial charge < -0.3 is 5.32 Å². The Labute approximate surface area is 159 Å². The van der Waals surface area contributed by atoms with Crippen LogP contribution in [0.4, 0.5) is 10.2 Å². The summed E-state index contributed by atoms with van der Waals surface area (Å²) in [6.45, 7) is 0.542. The predicted octanol–water partition coefficient (Wildman–Crippen LogP) is 5.58. The SMILES string of the molecule is Fc1c(CCCC2CC2)c(Cl)n2nc(Cl)nc(NCc3cccs3)c12. The molecule has 0 saturated heterocycles. The molecule has 3 heterocycles. The molecule has 0 radical (unpaired) electrons. The van der Waals surface area contributed by atoms with Gasteiger partial charge in [-0.2, -0.15) is 4.98 Å². The maximum Gasteiger partial charge on any atom is 0.243 e. The van der Waals surface area contributed by atoms with Gasteiger partial charge in [-0.25, -0.2) is 8.91 Å². The summed E-state index contributed by atoms with van der Waals surface area (Å²) < 4.78 is 16.4. The van der Waals surface area contributed by atoms with Crippen LogP contribution < -0.4 is 5.32 Å². The van der Waals surface area contributed by atoms with E-state index in [2.05, 4.69) is 15.4 Å². The lowest BCUT2D eigenvalue weighted by Crippen LogP contribution is -2.05. The van der Waals surface area contributed by atoms with Crippen LogP contribution in [0.25, 0.3) is 5.52 Å². The minimum absolute atomic E-state index is 0.0302. The summed E-state index contributed by atoms with van der Waals surface area (Å²) in [5.41, 5.74) is 0.755. The summed E-state index contributed by atoms with van der Waals surface area (Å²) in [7, 11) is 0. The summed E-state index contributed by atoms with van der Waals surface area (Å²) in [5, 5.41) is 9.54. The standard InChI is InChI=1S/C17H17Cl2FN4S/c18-15-12(5-1-3-10-6-7-10)13(20)14-16(22-17(19)23-24(14)15)21-9-11-4-2-8-25-11/h2,4,8,10H,1,3,5-7,9H2,(H,21,22,23). The van der Waals surface area contributed by atoms with Crippen molar-refractivity contribution in [3.8, 4) is 0 Å². The molecule has 25 heavy (non-hydrogen) atoms. The number of aromatic nitrogens is 3. The van der Waals surface area contributed by atoms with Crippen molar-refractivity contribution in [2.45, 2.75) is 38.6 Å². The third kappa shape index (κ3) is 3.61. The van der Waals surface area contributed by atoms with Gasteiger partial charge in [-0.3, -0.25) is 0 Å². The van der Waals surface area contributed by atoms with Crippen molar-refractivity contribution in [1.82, 2.24) is 14.6 Å². The number of nitrogens with one attached hydrogen (secondary N) is 1. The molecule has 0 bridgehead atoms. The first-order valence-electron chi connectivity index (χ1n) is 8.32. The van der Waals surface area contributed by atoms with Crippen LogP contribution in [-0.2, 0) is 13.0 Å². The van der Waals surface area contributed by atoms with Gasteiger partial charge in [0.25, 0.3) is 0 Å². The minimum Gasteiger partial charge on any atom is -0.363 e. The summed E-state index contributed by atoms with van der Waals surface area (Å²) >= 11 is 14.0. The fraction of sp³-hybridized carbons (Fsp3) is 0.412. The van der Waals surface area contributed by atoms with Crippen LogP contribution in [0.5, 0.6) is 0 Å². The molecule has 0 aromatic carbocycles. The Kier molecular flexibility index (Phi) is 4.84. The van der Waals surface area contributed by atoms with Crippen LogP contribution in [-0.4, -0.2) is 14.6 Å². The molecule has 0 unspecified atom stereocenters. The van der Waals surface area contributed by atoms with Crippen molar-refractivity contribution in [2.75, 3.05) is 5.32 Å². The molecule has 3 aromatic heterocycles. The van der Waals surface area contributed by atoms with Crippen LogP contribution in [0.3, 0.4) is 0 Å². The maximum absolute atomic E-state index is 15.0. The number of halogens is 3. The fourth-order valence-electron chi connectivity index (χ4n) is 2.99. The second kappa shape index (κ2) is 7.09. The van der Waals surface area contributed by atoms with Gasteiger partial charge in [-0.1, -0.05) is 36.9 Å². The van der Waals surface area contributed by atoms with Crippen LogP contribution in [0, 0.1) is 11.7 Å². The number of hydrogen-bond acceptors (Lipinski definition) is 4. The average Bonchev–Trinajstić information content (AvgIpc) is 3.20. The van der Waals surface area contributed by atoms with Gasteiger partial charge in [0.05, 0.1) is 6.54 Å². The van der Waals surface area contributed by atoms with Gasteiger partial charge in [0.2, 0.25) is 5.28 Å². The predicted molar refractivity (Wildman–Crippen MR) is 100 cm³/mol. The average molecular weight is 399 g/mol. The number of nitrogens with zero attached hydrogens (tertiary/aromatic N) is 3. The van der Waals surface area contributed by atoms with E-state index in [9.17, 15) is 0 Å². The number of anilines is 1. The lowest BCUT2D eigenvalue weighted by Gasteiger charge is -2.07. The van der Waals surface area contributed by atoms with Gasteiger partial charge >= 0.3 is 0 Å². The Morgan fingerprint density at radius 3 is 2.92 bits per heavy atom. The molecule has 3 aromatic rings. The van der Waals surface area contributed by atoms with Crippen molar-refractivity contribution in [3.05, 3.63) is 44.2 Å². The van der Waals surface area contributed by atoms with Crippen molar-refractivity contribution in [3.63, 3.8) is 0 Å². The summed E-state index contributed by atoms with van der Waals surface area (Å²) in [6.07, 6.45) is 5.25. The first kappa shape index (κ1) is 17.1. The minimum atomic E-state index is -0.355. The van der Waals surface area contributed by atoms with Crippen LogP contribution in [0.15, 0.2) is 17.5 Å². The van der Waals surface area contributed by atoms with Crippen LogP contribution in [0.2, 0.25) is 10.4 Å². The maximum atomic E-state index is 15.0. The van der Waals surface area contributed by atoms with Crippen LogP contribution in [0.1, 0.15) is 36.1 Å². The normalized spacial score (nSPS) is 14.4. The highest BCUT2D eigenvalue weighted by molar-refractivity contribution is 7.09. The monoisotopic (exact) mass is 398 g/mol. The Hall–Kier alpha value is -1.37. The van der Waals surface area contributed by atoms with Gasteiger partial charge in [-0.05, 0) is 41.8 Å². The lowest BCUT2D eigenvalue weighted by atomic mass is 10.1. The van der Waals surface area contributed by atoms with E-state index in [-0.39, 0.29) is 21.8 Å². The molecule has 132 valence electrons. The quantitative estimate of drug-likeness (QED) is 0.564. The fourth-order valence-corrected chi connectivity index (χ4v) is 4.10. The Bertz CT molecular complexity index is 890. The lowest BCUT2D eigenvalue weighted by molar-refractivity contribution is 0.604. The van der Waals surface area contributed by atoms with E-state index in [4.69, 9.17) is 23.2 Å². The number of rotatable bonds is 7. The third-order valence-corrected chi connectivity index (χ3v) is 5.90. The van der Waals surface area contributed by atoms with Gasteiger partial charge in [0, 0.05) is 10.4 Å². The van der Waals surface area contributed by atoms with Gasteiger partial charge in [-0.15, -0.1) is 16.4 Å². The molecule has 0 aliphatic heterocycles. The Morgan fingerprint density at radius 1 is 1.36 bits per heavy atom. The topological polar surface area (TPSA) is 42.2 Å². The number of fused-ring (bicyclic) bond motifs is 1. The summed E-state index contributed by atoms with van der Waals surface area (Å²) in [5.74, 6) is 0.823. The molecule has 8 heteroatoms. The Balaban J connectivity index is 1.64. The second-order valence-electron chi connectivity index (χ2n) is 6.34. The zero-order valence-electron chi connectivity index (χ0n) is 13.4. The number of thiophene rings is 1. The highest BCUT2D eigenvalue weighted by Crippen LogP contribution is 2.36. The first-order valence-corrected chi connectivity index (χ1v) is 9.95. The smallest absolute Gasteiger partial charge is 0.243 e. The molecule has 1 saturated carbocycles. The zero-order chi connectivity index (χ0) is 17.4. The Morgan fingerprint density at radius 2 is 2.20 bits per heavy atom. The molecule has 0 spiro atoms. The molecule has 4 rings (SSSR count). The summed E-state index contributed by atoms with van der Waals surface area (Å²) in [6, 6.07) is 3.97. The number of hydrogen-bond donors (Lipinski definition) is 1. The van der Waals surface area contributed by atoms with Crippen molar-refractivity contribution >= 4 is 45.9 Å². The van der Waals surface area contributed by atoms with Gasteiger partial charge in [0.1, 0.15) is 10.7 Å². The zero-order valence-corrected chi connectivity index (χ0v) is 15.8. The van der Waals surface area contributed by atoms with E-state index in [1.54, 1.807) is 11.3 Å². The molecule has 1 N–H and O–H groups in total. The molecule has 1 fully saturated rings. The molecular weight excluding hydrogens is 382 g/mol. The van der Waals surface area contributed by atoms with Gasteiger partial charge in [0.15, 0.2) is 11.6 Å².